The fourth-order valence-corrected chi connectivity index (χ4v) is 5.43. The molecule has 1 aliphatic rings. The van der Waals surface area contributed by atoms with Crippen LogP contribution < -0.4 is 19.1 Å². The van der Waals surface area contributed by atoms with E-state index < -0.39 is 15.9 Å². The van der Waals surface area contributed by atoms with Gasteiger partial charge >= 0.3 is 0 Å². The molecule has 1 atom stereocenters. The molecule has 0 saturated heterocycles. The molecule has 3 aromatic rings. The first-order valence-electron chi connectivity index (χ1n) is 11.9. The lowest BCUT2D eigenvalue weighted by Gasteiger charge is -2.27. The number of fused-ring (bicyclic) bond motifs is 1. The Labute approximate surface area is 213 Å². The van der Waals surface area contributed by atoms with Crippen molar-refractivity contribution >= 4 is 21.6 Å². The summed E-state index contributed by atoms with van der Waals surface area (Å²) in [7, 11) is -4.02. The van der Waals surface area contributed by atoms with E-state index in [1.165, 1.54) is 17.7 Å². The van der Waals surface area contributed by atoms with Crippen molar-refractivity contribution in [2.24, 2.45) is 0 Å². The molecule has 3 aromatic carbocycles. The van der Waals surface area contributed by atoms with Gasteiger partial charge in [0.05, 0.1) is 16.6 Å². The average molecular weight is 509 g/mol. The van der Waals surface area contributed by atoms with E-state index in [-0.39, 0.29) is 22.9 Å². The number of nitrogens with zero attached hydrogens (tertiary/aromatic N) is 1. The maximum Gasteiger partial charge on any atom is 0.264 e. The van der Waals surface area contributed by atoms with E-state index in [4.69, 9.17) is 9.47 Å². The van der Waals surface area contributed by atoms with Gasteiger partial charge in [-0.3, -0.25) is 9.10 Å². The highest BCUT2D eigenvalue weighted by Gasteiger charge is 2.29. The van der Waals surface area contributed by atoms with Crippen molar-refractivity contribution in [2.45, 2.75) is 44.0 Å². The summed E-state index contributed by atoms with van der Waals surface area (Å²) in [5.41, 5.74) is 2.48. The second kappa shape index (κ2) is 10.2. The third-order valence-corrected chi connectivity index (χ3v) is 7.87. The van der Waals surface area contributed by atoms with Gasteiger partial charge in [-0.1, -0.05) is 63.2 Å². The van der Waals surface area contributed by atoms with Crippen molar-refractivity contribution in [2.75, 3.05) is 24.1 Å². The molecule has 0 unspecified atom stereocenters. The number of ether oxygens (including phenoxy) is 2. The van der Waals surface area contributed by atoms with E-state index in [0.29, 0.717) is 30.4 Å². The third kappa shape index (κ3) is 5.65. The van der Waals surface area contributed by atoms with Crippen LogP contribution in [0.1, 0.15) is 44.9 Å². The van der Waals surface area contributed by atoms with Gasteiger partial charge in [0.1, 0.15) is 19.8 Å². The molecule has 0 bridgehead atoms. The summed E-state index contributed by atoms with van der Waals surface area (Å²) < 4.78 is 39.5. The van der Waals surface area contributed by atoms with Gasteiger partial charge in [-0.15, -0.1) is 0 Å². The van der Waals surface area contributed by atoms with Crippen LogP contribution in [0.4, 0.5) is 5.69 Å². The normalized spacial score (nSPS) is 14.1. The van der Waals surface area contributed by atoms with Gasteiger partial charge in [0.2, 0.25) is 5.91 Å². The molecule has 4 rings (SSSR count). The van der Waals surface area contributed by atoms with Gasteiger partial charge in [0.15, 0.2) is 11.5 Å². The second-order valence-corrected chi connectivity index (χ2v) is 11.7. The lowest BCUT2D eigenvalue weighted by molar-refractivity contribution is -0.120. The minimum Gasteiger partial charge on any atom is -0.486 e. The molecule has 7 nitrogen and oxygen atoms in total. The molecule has 190 valence electrons. The minimum absolute atomic E-state index is 0.0287. The van der Waals surface area contributed by atoms with Crippen molar-refractivity contribution in [3.8, 4) is 11.5 Å². The standard InChI is InChI=1S/C28H32N2O5S/c1-20(21-10-12-22(13-11-21)28(2,3)4)29-27(31)19-30(36(32,33)24-8-6-5-7-9-24)23-14-15-25-26(18-23)35-17-16-34-25/h5-15,18,20H,16-17,19H2,1-4H3,(H,29,31)/t20-/m1/s1. The van der Waals surface area contributed by atoms with Gasteiger partial charge in [0.25, 0.3) is 10.0 Å². The summed E-state index contributed by atoms with van der Waals surface area (Å²) in [4.78, 5) is 13.2. The summed E-state index contributed by atoms with van der Waals surface area (Å²) in [6.07, 6.45) is 0. The van der Waals surface area contributed by atoms with Crippen LogP contribution in [0.3, 0.4) is 0 Å². The van der Waals surface area contributed by atoms with Crippen molar-refractivity contribution in [3.05, 3.63) is 83.9 Å². The van der Waals surface area contributed by atoms with E-state index >= 15 is 0 Å². The summed E-state index contributed by atoms with van der Waals surface area (Å²) >= 11 is 0. The lowest BCUT2D eigenvalue weighted by atomic mass is 9.86. The number of carbonyl (C=O) groups excluding carboxylic acids is 1. The van der Waals surface area contributed by atoms with Crippen LogP contribution in [0.25, 0.3) is 0 Å². The smallest absolute Gasteiger partial charge is 0.264 e. The highest BCUT2D eigenvalue weighted by molar-refractivity contribution is 7.92. The average Bonchev–Trinajstić information content (AvgIpc) is 2.87. The van der Waals surface area contributed by atoms with Crippen LogP contribution in [0, 0.1) is 0 Å². The number of anilines is 1. The molecular weight excluding hydrogens is 476 g/mol. The maximum absolute atomic E-state index is 13.6. The molecule has 0 saturated carbocycles. The number of sulfonamides is 1. The van der Waals surface area contributed by atoms with Gasteiger partial charge in [-0.25, -0.2) is 8.42 Å². The Balaban J connectivity index is 1.59. The quantitative estimate of drug-likeness (QED) is 0.494. The Morgan fingerprint density at radius 3 is 2.22 bits per heavy atom. The van der Waals surface area contributed by atoms with Crippen molar-refractivity contribution < 1.29 is 22.7 Å². The number of nitrogens with one attached hydrogen (secondary N) is 1. The first kappa shape index (κ1) is 25.6. The molecule has 8 heteroatoms. The number of benzene rings is 3. The molecular formula is C28H32N2O5S. The monoisotopic (exact) mass is 508 g/mol. The molecule has 1 amide bonds. The number of rotatable bonds is 7. The largest absolute Gasteiger partial charge is 0.486 e. The van der Waals surface area contributed by atoms with Crippen molar-refractivity contribution in [3.63, 3.8) is 0 Å². The molecule has 36 heavy (non-hydrogen) atoms. The number of hydrogen-bond acceptors (Lipinski definition) is 5. The van der Waals surface area contributed by atoms with Crippen LogP contribution >= 0.6 is 0 Å². The first-order chi connectivity index (χ1) is 17.1. The molecule has 0 aromatic heterocycles. The van der Waals surface area contributed by atoms with Gasteiger partial charge in [-0.05, 0) is 47.7 Å². The van der Waals surface area contributed by atoms with Gasteiger partial charge in [-0.2, -0.15) is 0 Å². The van der Waals surface area contributed by atoms with Crippen LogP contribution in [-0.4, -0.2) is 34.1 Å². The Hall–Kier alpha value is -3.52. The van der Waals surface area contributed by atoms with Crippen molar-refractivity contribution in [1.29, 1.82) is 0 Å². The Morgan fingerprint density at radius 1 is 0.944 bits per heavy atom. The summed E-state index contributed by atoms with van der Waals surface area (Å²) in [5, 5.41) is 2.94. The number of carbonyl (C=O) groups is 1. The van der Waals surface area contributed by atoms with Crippen LogP contribution in [0.2, 0.25) is 0 Å². The first-order valence-corrected chi connectivity index (χ1v) is 13.4. The Morgan fingerprint density at radius 2 is 1.58 bits per heavy atom. The van der Waals surface area contributed by atoms with Crippen LogP contribution in [-0.2, 0) is 20.2 Å². The fraction of sp³-hybridized carbons (Fsp3) is 0.321. The van der Waals surface area contributed by atoms with Crippen LogP contribution in [0.5, 0.6) is 11.5 Å². The fourth-order valence-electron chi connectivity index (χ4n) is 3.99. The molecule has 0 fully saturated rings. The molecule has 1 aliphatic heterocycles. The van der Waals surface area contributed by atoms with E-state index in [1.54, 1.807) is 36.4 Å². The second-order valence-electron chi connectivity index (χ2n) is 9.81. The zero-order chi connectivity index (χ0) is 25.9. The van der Waals surface area contributed by atoms with E-state index in [2.05, 4.69) is 38.2 Å². The molecule has 0 aliphatic carbocycles. The Kier molecular flexibility index (Phi) is 7.26. The topological polar surface area (TPSA) is 84.9 Å². The van der Waals surface area contributed by atoms with E-state index in [0.717, 1.165) is 9.87 Å². The molecule has 1 heterocycles. The molecule has 0 spiro atoms. The lowest BCUT2D eigenvalue weighted by Crippen LogP contribution is -2.41. The number of hydrogen-bond donors (Lipinski definition) is 1. The van der Waals surface area contributed by atoms with E-state index in [9.17, 15) is 13.2 Å². The highest BCUT2D eigenvalue weighted by Crippen LogP contribution is 2.35. The number of amides is 1. The van der Waals surface area contributed by atoms with Gasteiger partial charge < -0.3 is 14.8 Å². The molecule has 0 radical (unpaired) electrons. The summed E-state index contributed by atoms with van der Waals surface area (Å²) in [6, 6.07) is 20.7. The maximum atomic E-state index is 13.6. The predicted octanol–water partition coefficient (Wildman–Crippen LogP) is 4.83. The van der Waals surface area contributed by atoms with Crippen LogP contribution in [0.15, 0.2) is 77.7 Å². The third-order valence-electron chi connectivity index (χ3n) is 6.09. The highest BCUT2D eigenvalue weighted by atomic mass is 32.2. The summed E-state index contributed by atoms with van der Waals surface area (Å²) in [5.74, 6) is 0.565. The minimum atomic E-state index is -4.02. The Bertz CT molecular complexity index is 1320. The zero-order valence-corrected chi connectivity index (χ0v) is 21.8. The molecule has 1 N–H and O–H groups in total. The predicted molar refractivity (Wildman–Crippen MR) is 140 cm³/mol. The zero-order valence-electron chi connectivity index (χ0n) is 21.0. The van der Waals surface area contributed by atoms with Crippen molar-refractivity contribution in [1.82, 2.24) is 5.32 Å². The van der Waals surface area contributed by atoms with Gasteiger partial charge in [0, 0.05) is 6.07 Å². The summed E-state index contributed by atoms with van der Waals surface area (Å²) in [6.45, 7) is 8.72. The van der Waals surface area contributed by atoms with E-state index in [1.807, 2.05) is 19.1 Å². The SMILES string of the molecule is C[C@@H](NC(=O)CN(c1ccc2c(c1)OCCO2)S(=O)(=O)c1ccccc1)c1ccc(C(C)(C)C)cc1.